The highest BCUT2D eigenvalue weighted by Gasteiger charge is 2.17. The lowest BCUT2D eigenvalue weighted by Gasteiger charge is -2.10. The van der Waals surface area contributed by atoms with E-state index in [1.165, 1.54) is 0 Å². The second kappa shape index (κ2) is 7.74. The third-order valence-electron chi connectivity index (χ3n) is 4.25. The molecule has 0 aliphatic rings. The van der Waals surface area contributed by atoms with Crippen LogP contribution in [0.5, 0.6) is 0 Å². The summed E-state index contributed by atoms with van der Waals surface area (Å²) >= 11 is 1.66. The van der Waals surface area contributed by atoms with Gasteiger partial charge in [0, 0.05) is 17.4 Å². The Labute approximate surface area is 157 Å². The van der Waals surface area contributed by atoms with Gasteiger partial charge in [-0.1, -0.05) is 26.0 Å². The maximum atomic E-state index is 11.6. The van der Waals surface area contributed by atoms with Crippen LogP contribution >= 0.6 is 11.3 Å². The SMILES string of the molecule is CCC(C)c1nc(C)sc1-c1ccnc(Nc2cccc(C(C)=O)c2)n1. The Kier molecular flexibility index (Phi) is 5.42. The number of carbonyl (C=O) groups excluding carboxylic acids is 1. The molecule has 26 heavy (non-hydrogen) atoms. The number of carbonyl (C=O) groups is 1. The molecule has 0 saturated heterocycles. The number of Topliss-reactive ketones (excluding diaryl/α,β-unsaturated/α-hetero) is 1. The number of ketones is 1. The van der Waals surface area contributed by atoms with Crippen molar-refractivity contribution in [2.45, 2.75) is 40.0 Å². The summed E-state index contributed by atoms with van der Waals surface area (Å²) in [5.74, 6) is 0.916. The van der Waals surface area contributed by atoms with E-state index in [2.05, 4.69) is 29.1 Å². The molecule has 1 atom stereocenters. The van der Waals surface area contributed by atoms with Gasteiger partial charge in [-0.3, -0.25) is 4.79 Å². The maximum Gasteiger partial charge on any atom is 0.227 e. The molecule has 0 aliphatic carbocycles. The average molecular weight is 366 g/mol. The highest BCUT2D eigenvalue weighted by molar-refractivity contribution is 7.15. The van der Waals surface area contributed by atoms with Crippen molar-refractivity contribution < 1.29 is 4.79 Å². The highest BCUT2D eigenvalue weighted by Crippen LogP contribution is 2.34. The van der Waals surface area contributed by atoms with Crippen LogP contribution in [0, 0.1) is 6.92 Å². The van der Waals surface area contributed by atoms with Crippen molar-refractivity contribution in [3.63, 3.8) is 0 Å². The van der Waals surface area contributed by atoms with E-state index in [1.807, 2.05) is 25.1 Å². The maximum absolute atomic E-state index is 11.6. The van der Waals surface area contributed by atoms with Crippen molar-refractivity contribution in [2.24, 2.45) is 0 Å². The summed E-state index contributed by atoms with van der Waals surface area (Å²) in [7, 11) is 0. The van der Waals surface area contributed by atoms with Crippen molar-refractivity contribution in [2.75, 3.05) is 5.32 Å². The summed E-state index contributed by atoms with van der Waals surface area (Å²) in [4.78, 5) is 26.3. The minimum atomic E-state index is 0.0293. The molecule has 0 bridgehead atoms. The Morgan fingerprint density at radius 2 is 2.08 bits per heavy atom. The predicted octanol–water partition coefficient (Wildman–Crippen LogP) is 5.37. The summed E-state index contributed by atoms with van der Waals surface area (Å²) in [6.07, 6.45) is 2.78. The van der Waals surface area contributed by atoms with E-state index in [1.54, 1.807) is 36.6 Å². The lowest BCUT2D eigenvalue weighted by molar-refractivity contribution is 0.101. The monoisotopic (exact) mass is 366 g/mol. The molecule has 0 amide bonds. The first-order valence-electron chi connectivity index (χ1n) is 8.66. The quantitative estimate of drug-likeness (QED) is 0.594. The molecule has 0 spiro atoms. The Morgan fingerprint density at radius 3 is 2.81 bits per heavy atom. The first-order chi connectivity index (χ1) is 12.5. The smallest absolute Gasteiger partial charge is 0.227 e. The van der Waals surface area contributed by atoms with Crippen LogP contribution < -0.4 is 5.32 Å². The first kappa shape index (κ1) is 18.2. The Balaban J connectivity index is 1.92. The van der Waals surface area contributed by atoms with Gasteiger partial charge in [-0.05, 0) is 44.4 Å². The highest BCUT2D eigenvalue weighted by atomic mass is 32.1. The van der Waals surface area contributed by atoms with Crippen molar-refractivity contribution in [3.8, 4) is 10.6 Å². The molecule has 1 aromatic carbocycles. The van der Waals surface area contributed by atoms with E-state index >= 15 is 0 Å². The van der Waals surface area contributed by atoms with Crippen LogP contribution in [0.15, 0.2) is 36.5 Å². The van der Waals surface area contributed by atoms with Crippen LogP contribution in [0.25, 0.3) is 10.6 Å². The van der Waals surface area contributed by atoms with Crippen molar-refractivity contribution in [1.82, 2.24) is 15.0 Å². The topological polar surface area (TPSA) is 67.8 Å². The summed E-state index contributed by atoms with van der Waals surface area (Å²) < 4.78 is 0. The van der Waals surface area contributed by atoms with Gasteiger partial charge in [0.2, 0.25) is 5.95 Å². The second-order valence-corrected chi connectivity index (χ2v) is 7.49. The van der Waals surface area contributed by atoms with Gasteiger partial charge in [0.05, 0.1) is 21.3 Å². The lowest BCUT2D eigenvalue weighted by Crippen LogP contribution is -2.00. The number of hydrogen-bond acceptors (Lipinski definition) is 6. The largest absolute Gasteiger partial charge is 0.324 e. The van der Waals surface area contributed by atoms with Gasteiger partial charge in [-0.2, -0.15) is 0 Å². The van der Waals surface area contributed by atoms with Crippen molar-refractivity contribution >= 4 is 28.8 Å². The zero-order valence-corrected chi connectivity index (χ0v) is 16.2. The molecule has 0 aliphatic heterocycles. The number of nitrogens with one attached hydrogen (secondary N) is 1. The number of hydrogen-bond donors (Lipinski definition) is 1. The third-order valence-corrected chi connectivity index (χ3v) is 5.26. The fourth-order valence-corrected chi connectivity index (χ4v) is 3.65. The molecule has 5 nitrogen and oxygen atoms in total. The standard InChI is InChI=1S/C20H22N4OS/c1-5-12(2)18-19(26-14(4)22-18)17-9-10-21-20(24-17)23-16-8-6-7-15(11-16)13(3)25/h6-12H,5H2,1-4H3,(H,21,23,24). The number of anilines is 2. The normalized spacial score (nSPS) is 12.0. The molecule has 2 heterocycles. The Hall–Kier alpha value is -2.60. The summed E-state index contributed by atoms with van der Waals surface area (Å²) in [5, 5.41) is 4.23. The van der Waals surface area contributed by atoms with Crippen LogP contribution in [0.2, 0.25) is 0 Å². The van der Waals surface area contributed by atoms with Gasteiger partial charge in [0.15, 0.2) is 5.78 Å². The predicted molar refractivity (Wildman–Crippen MR) is 106 cm³/mol. The third kappa shape index (κ3) is 3.96. The van der Waals surface area contributed by atoms with Crippen molar-refractivity contribution in [1.29, 1.82) is 0 Å². The molecule has 1 unspecified atom stereocenters. The summed E-state index contributed by atoms with van der Waals surface area (Å²) in [6.45, 7) is 7.93. The molecule has 3 rings (SSSR count). The number of aromatic nitrogens is 3. The van der Waals surface area contributed by atoms with E-state index in [4.69, 9.17) is 4.98 Å². The molecule has 1 N–H and O–H groups in total. The minimum Gasteiger partial charge on any atom is -0.324 e. The average Bonchev–Trinajstić information content (AvgIpc) is 3.03. The van der Waals surface area contributed by atoms with Crippen LogP contribution in [0.3, 0.4) is 0 Å². The van der Waals surface area contributed by atoms with E-state index in [0.717, 1.165) is 33.4 Å². The van der Waals surface area contributed by atoms with Gasteiger partial charge in [0.25, 0.3) is 0 Å². The van der Waals surface area contributed by atoms with Gasteiger partial charge in [-0.25, -0.2) is 15.0 Å². The van der Waals surface area contributed by atoms with E-state index in [0.29, 0.717) is 17.4 Å². The summed E-state index contributed by atoms with van der Waals surface area (Å²) in [5.41, 5.74) is 3.41. The molecule has 0 fully saturated rings. The molecule has 2 aromatic heterocycles. The first-order valence-corrected chi connectivity index (χ1v) is 9.48. The number of nitrogens with zero attached hydrogens (tertiary/aromatic N) is 3. The molecule has 0 saturated carbocycles. The van der Waals surface area contributed by atoms with E-state index in [-0.39, 0.29) is 5.78 Å². The zero-order chi connectivity index (χ0) is 18.7. The van der Waals surface area contributed by atoms with Gasteiger partial charge in [-0.15, -0.1) is 11.3 Å². The van der Waals surface area contributed by atoms with Crippen LogP contribution in [-0.2, 0) is 0 Å². The number of benzene rings is 1. The van der Waals surface area contributed by atoms with Gasteiger partial charge >= 0.3 is 0 Å². The van der Waals surface area contributed by atoms with Crippen LogP contribution in [0.1, 0.15) is 54.2 Å². The van der Waals surface area contributed by atoms with Crippen molar-refractivity contribution in [3.05, 3.63) is 52.8 Å². The Morgan fingerprint density at radius 1 is 1.27 bits per heavy atom. The molecular formula is C20H22N4OS. The zero-order valence-electron chi connectivity index (χ0n) is 15.4. The van der Waals surface area contributed by atoms with Crippen LogP contribution in [-0.4, -0.2) is 20.7 Å². The minimum absolute atomic E-state index is 0.0293. The fourth-order valence-electron chi connectivity index (χ4n) is 2.64. The van der Waals surface area contributed by atoms with E-state index < -0.39 is 0 Å². The summed E-state index contributed by atoms with van der Waals surface area (Å²) in [6, 6.07) is 9.25. The van der Waals surface area contributed by atoms with E-state index in [9.17, 15) is 4.79 Å². The molecular weight excluding hydrogens is 344 g/mol. The fraction of sp³-hybridized carbons (Fsp3) is 0.300. The van der Waals surface area contributed by atoms with Gasteiger partial charge < -0.3 is 5.32 Å². The number of rotatable bonds is 6. The molecule has 0 radical (unpaired) electrons. The lowest BCUT2D eigenvalue weighted by atomic mass is 10.0. The molecule has 3 aromatic rings. The van der Waals surface area contributed by atoms with Crippen LogP contribution in [0.4, 0.5) is 11.6 Å². The molecule has 6 heteroatoms. The molecule has 134 valence electrons. The number of thiazole rings is 1. The van der Waals surface area contributed by atoms with Gasteiger partial charge in [0.1, 0.15) is 0 Å². The number of aryl methyl sites for hydroxylation is 1. The Bertz CT molecular complexity index is 935. The second-order valence-electron chi connectivity index (χ2n) is 6.28.